The van der Waals surface area contributed by atoms with Gasteiger partial charge in [0.15, 0.2) is 0 Å². The monoisotopic (exact) mass is 244 g/mol. The minimum absolute atomic E-state index is 0.825. The summed E-state index contributed by atoms with van der Waals surface area (Å²) in [5, 5.41) is 3.55. The fourth-order valence-corrected chi connectivity index (χ4v) is 3.16. The van der Waals surface area contributed by atoms with Crippen molar-refractivity contribution >= 4 is 5.69 Å². The molecule has 0 spiro atoms. The van der Waals surface area contributed by atoms with Gasteiger partial charge in [0.25, 0.3) is 0 Å². The predicted molar refractivity (Wildman–Crippen MR) is 77.4 cm³/mol. The normalized spacial score (nSPS) is 25.3. The molecule has 1 aromatic carbocycles. The van der Waals surface area contributed by atoms with E-state index in [1.165, 1.54) is 38.0 Å². The van der Waals surface area contributed by atoms with Crippen LogP contribution in [-0.4, -0.2) is 26.7 Å². The number of likely N-dealkylation sites (N-methyl/N-ethyl adjacent to an activating group) is 1. The predicted octanol–water partition coefficient (Wildman–Crippen LogP) is 2.78. The van der Waals surface area contributed by atoms with Crippen LogP contribution >= 0.6 is 0 Å². The van der Waals surface area contributed by atoms with Gasteiger partial charge in [-0.1, -0.05) is 19.1 Å². The van der Waals surface area contributed by atoms with Gasteiger partial charge < -0.3 is 10.2 Å². The summed E-state index contributed by atoms with van der Waals surface area (Å²) in [6.45, 7) is 5.78. The van der Waals surface area contributed by atoms with Crippen LogP contribution in [-0.2, 0) is 6.42 Å². The number of hydrogen-bond acceptors (Lipinski definition) is 2. The summed E-state index contributed by atoms with van der Waals surface area (Å²) >= 11 is 0. The summed E-state index contributed by atoms with van der Waals surface area (Å²) in [6.07, 6.45) is 3.85. The third-order valence-corrected chi connectivity index (χ3v) is 4.42. The van der Waals surface area contributed by atoms with Crippen molar-refractivity contribution in [3.63, 3.8) is 0 Å². The third kappa shape index (κ3) is 2.26. The molecule has 0 aromatic heterocycles. The number of anilines is 1. The fraction of sp³-hybridized carbons (Fsp3) is 0.625. The lowest BCUT2D eigenvalue weighted by Crippen LogP contribution is -2.17. The highest BCUT2D eigenvalue weighted by molar-refractivity contribution is 5.59. The Morgan fingerprint density at radius 3 is 3.11 bits per heavy atom. The zero-order chi connectivity index (χ0) is 12.5. The Balaban J connectivity index is 1.62. The molecule has 2 unspecified atom stereocenters. The van der Waals surface area contributed by atoms with E-state index in [-0.39, 0.29) is 0 Å². The highest BCUT2D eigenvalue weighted by atomic mass is 15.1. The molecule has 1 aliphatic heterocycles. The zero-order valence-corrected chi connectivity index (χ0v) is 11.6. The Morgan fingerprint density at radius 1 is 1.39 bits per heavy atom. The van der Waals surface area contributed by atoms with Gasteiger partial charge in [0.1, 0.15) is 0 Å². The van der Waals surface area contributed by atoms with Crippen LogP contribution in [0.4, 0.5) is 5.69 Å². The first-order valence-corrected chi connectivity index (χ1v) is 7.34. The number of rotatable bonds is 5. The first-order chi connectivity index (χ1) is 8.79. The van der Waals surface area contributed by atoms with Crippen molar-refractivity contribution in [1.82, 2.24) is 5.32 Å². The van der Waals surface area contributed by atoms with Crippen molar-refractivity contribution in [3.8, 4) is 0 Å². The summed E-state index contributed by atoms with van der Waals surface area (Å²) in [4.78, 5) is 2.37. The summed E-state index contributed by atoms with van der Waals surface area (Å²) in [7, 11) is 2.19. The molecule has 1 saturated carbocycles. The fourth-order valence-electron chi connectivity index (χ4n) is 3.16. The van der Waals surface area contributed by atoms with Gasteiger partial charge >= 0.3 is 0 Å². The SMILES string of the molecule is CCCNCC1CC1c1ccc2c(c1)CCN2C. The van der Waals surface area contributed by atoms with Crippen LogP contribution in [0.3, 0.4) is 0 Å². The molecule has 1 aromatic rings. The van der Waals surface area contributed by atoms with E-state index < -0.39 is 0 Å². The van der Waals surface area contributed by atoms with Gasteiger partial charge in [0, 0.05) is 19.3 Å². The highest BCUT2D eigenvalue weighted by Gasteiger charge is 2.38. The number of nitrogens with one attached hydrogen (secondary N) is 1. The molecule has 1 heterocycles. The highest BCUT2D eigenvalue weighted by Crippen LogP contribution is 2.48. The van der Waals surface area contributed by atoms with Gasteiger partial charge in [0.05, 0.1) is 0 Å². The third-order valence-electron chi connectivity index (χ3n) is 4.42. The van der Waals surface area contributed by atoms with Crippen LogP contribution in [0.2, 0.25) is 0 Å². The summed E-state index contributed by atoms with van der Waals surface area (Å²) in [6, 6.07) is 7.14. The molecule has 98 valence electrons. The summed E-state index contributed by atoms with van der Waals surface area (Å²) in [5.41, 5.74) is 4.58. The topological polar surface area (TPSA) is 15.3 Å². The van der Waals surface area contributed by atoms with Crippen LogP contribution in [0.1, 0.15) is 36.8 Å². The van der Waals surface area contributed by atoms with E-state index in [0.29, 0.717) is 0 Å². The molecule has 2 atom stereocenters. The second-order valence-electron chi connectivity index (χ2n) is 5.87. The lowest BCUT2D eigenvalue weighted by molar-refractivity contribution is 0.620. The molecule has 3 rings (SSSR count). The molecule has 2 aliphatic rings. The maximum Gasteiger partial charge on any atom is 0.0397 e. The molecule has 1 aliphatic carbocycles. The maximum atomic E-state index is 3.55. The summed E-state index contributed by atoms with van der Waals surface area (Å²) < 4.78 is 0. The van der Waals surface area contributed by atoms with Crippen LogP contribution in [0.15, 0.2) is 18.2 Å². The minimum Gasteiger partial charge on any atom is -0.374 e. The van der Waals surface area contributed by atoms with Gasteiger partial charge in [-0.2, -0.15) is 0 Å². The molecule has 2 nitrogen and oxygen atoms in total. The quantitative estimate of drug-likeness (QED) is 0.801. The number of fused-ring (bicyclic) bond motifs is 1. The van der Waals surface area contributed by atoms with E-state index in [0.717, 1.165) is 18.4 Å². The van der Waals surface area contributed by atoms with Crippen LogP contribution in [0.5, 0.6) is 0 Å². The lowest BCUT2D eigenvalue weighted by Gasteiger charge is -2.12. The zero-order valence-electron chi connectivity index (χ0n) is 11.6. The molecule has 2 heteroatoms. The van der Waals surface area contributed by atoms with Gasteiger partial charge in [0.2, 0.25) is 0 Å². The van der Waals surface area contributed by atoms with Crippen molar-refractivity contribution in [1.29, 1.82) is 0 Å². The number of nitrogens with zero attached hydrogens (tertiary/aromatic N) is 1. The average Bonchev–Trinajstić information content (AvgIpc) is 3.07. The Kier molecular flexibility index (Phi) is 3.29. The molecule has 0 radical (unpaired) electrons. The van der Waals surface area contributed by atoms with Crippen molar-refractivity contribution in [2.75, 3.05) is 31.6 Å². The van der Waals surface area contributed by atoms with E-state index in [4.69, 9.17) is 0 Å². The van der Waals surface area contributed by atoms with Crippen molar-refractivity contribution in [2.45, 2.75) is 32.1 Å². The first kappa shape index (κ1) is 12.0. The molecule has 1 fully saturated rings. The van der Waals surface area contributed by atoms with Crippen molar-refractivity contribution in [3.05, 3.63) is 29.3 Å². The van der Waals surface area contributed by atoms with Gasteiger partial charge in [-0.05, 0) is 61.4 Å². The second kappa shape index (κ2) is 4.93. The smallest absolute Gasteiger partial charge is 0.0397 e. The largest absolute Gasteiger partial charge is 0.374 e. The van der Waals surface area contributed by atoms with E-state index >= 15 is 0 Å². The molecule has 1 N–H and O–H groups in total. The standard InChI is InChI=1S/C16H24N2/c1-3-7-17-11-14-10-15(14)12-4-5-16-13(9-12)6-8-18(16)2/h4-5,9,14-15,17H,3,6-8,10-11H2,1-2H3. The Labute approximate surface area is 110 Å². The Bertz CT molecular complexity index is 427. The molecule has 0 saturated heterocycles. The average molecular weight is 244 g/mol. The van der Waals surface area contributed by atoms with Crippen LogP contribution in [0, 0.1) is 5.92 Å². The van der Waals surface area contributed by atoms with Crippen molar-refractivity contribution in [2.24, 2.45) is 5.92 Å². The number of hydrogen-bond donors (Lipinski definition) is 1. The lowest BCUT2D eigenvalue weighted by atomic mass is 10.0. The number of benzene rings is 1. The van der Waals surface area contributed by atoms with Crippen LogP contribution in [0.25, 0.3) is 0 Å². The van der Waals surface area contributed by atoms with Gasteiger partial charge in [-0.25, -0.2) is 0 Å². The first-order valence-electron chi connectivity index (χ1n) is 7.34. The van der Waals surface area contributed by atoms with Gasteiger partial charge in [-0.3, -0.25) is 0 Å². The second-order valence-corrected chi connectivity index (χ2v) is 5.87. The Hall–Kier alpha value is -1.02. The van der Waals surface area contributed by atoms with E-state index in [1.807, 2.05) is 0 Å². The molecule has 0 bridgehead atoms. The Morgan fingerprint density at radius 2 is 2.28 bits per heavy atom. The molecule has 18 heavy (non-hydrogen) atoms. The van der Waals surface area contributed by atoms with Crippen molar-refractivity contribution < 1.29 is 0 Å². The van der Waals surface area contributed by atoms with E-state index in [9.17, 15) is 0 Å². The summed E-state index contributed by atoms with van der Waals surface area (Å²) in [5.74, 6) is 1.71. The van der Waals surface area contributed by atoms with E-state index in [1.54, 1.807) is 11.1 Å². The minimum atomic E-state index is 0.825. The molecule has 0 amide bonds. The van der Waals surface area contributed by atoms with Crippen LogP contribution < -0.4 is 10.2 Å². The maximum absolute atomic E-state index is 3.55. The molecular formula is C16H24N2. The molecular weight excluding hydrogens is 220 g/mol. The van der Waals surface area contributed by atoms with E-state index in [2.05, 4.69) is 42.4 Å². The van der Waals surface area contributed by atoms with Gasteiger partial charge in [-0.15, -0.1) is 0 Å².